The molecule has 1 fully saturated rings. The molecule has 6 nitrogen and oxygen atoms in total. The highest BCUT2D eigenvalue weighted by Gasteiger charge is 2.34. The van der Waals surface area contributed by atoms with Gasteiger partial charge in [-0.3, -0.25) is 14.5 Å². The summed E-state index contributed by atoms with van der Waals surface area (Å²) in [4.78, 5) is 26.4. The van der Waals surface area contributed by atoms with Crippen LogP contribution in [0.5, 0.6) is 0 Å². The number of hydrogen-bond acceptors (Lipinski definition) is 4. The van der Waals surface area contributed by atoms with E-state index < -0.39 is 12.1 Å². The fraction of sp³-hybridized carbons (Fsp3) is 0.600. The summed E-state index contributed by atoms with van der Waals surface area (Å²) in [6.07, 6.45) is 1.80. The Hall–Kier alpha value is -1.89. The summed E-state index contributed by atoms with van der Waals surface area (Å²) in [6.45, 7) is 0.617. The predicted molar refractivity (Wildman–Crippen MR) is 78.7 cm³/mol. The average Bonchev–Trinajstić information content (AvgIpc) is 3.06. The quantitative estimate of drug-likeness (QED) is 0.798. The lowest BCUT2D eigenvalue weighted by Crippen LogP contribution is -2.44. The van der Waals surface area contributed by atoms with Crippen molar-refractivity contribution in [1.29, 1.82) is 0 Å². The van der Waals surface area contributed by atoms with Crippen LogP contribution in [0.2, 0.25) is 0 Å². The zero-order valence-corrected chi connectivity index (χ0v) is 12.7. The Labute approximate surface area is 129 Å². The third-order valence-corrected chi connectivity index (χ3v) is 3.91. The van der Waals surface area contributed by atoms with Crippen LogP contribution < -0.4 is 5.73 Å². The number of likely N-dealkylation sites (tertiary alicyclic amines) is 1. The van der Waals surface area contributed by atoms with Crippen molar-refractivity contribution in [3.8, 4) is 0 Å². The molecule has 1 aromatic heterocycles. The molecule has 0 saturated carbocycles. The molecular formula is C15H22FN3O3. The van der Waals surface area contributed by atoms with E-state index in [1.807, 2.05) is 6.07 Å². The van der Waals surface area contributed by atoms with Gasteiger partial charge < -0.3 is 15.1 Å². The van der Waals surface area contributed by atoms with Gasteiger partial charge in [0.2, 0.25) is 11.8 Å². The van der Waals surface area contributed by atoms with Crippen LogP contribution in [0.4, 0.5) is 4.39 Å². The maximum absolute atomic E-state index is 13.5. The highest BCUT2D eigenvalue weighted by molar-refractivity contribution is 5.76. The number of nitrogens with zero attached hydrogens (tertiary/aromatic N) is 2. The summed E-state index contributed by atoms with van der Waals surface area (Å²) >= 11 is 0. The van der Waals surface area contributed by atoms with E-state index in [4.69, 9.17) is 10.2 Å². The molecule has 1 aliphatic rings. The molecule has 0 aliphatic carbocycles. The number of halogens is 1. The van der Waals surface area contributed by atoms with Gasteiger partial charge in [-0.1, -0.05) is 0 Å². The first-order chi connectivity index (χ1) is 10.5. The third-order valence-electron chi connectivity index (χ3n) is 3.91. The van der Waals surface area contributed by atoms with Gasteiger partial charge in [0.1, 0.15) is 11.9 Å². The van der Waals surface area contributed by atoms with E-state index >= 15 is 0 Å². The molecule has 0 bridgehead atoms. The summed E-state index contributed by atoms with van der Waals surface area (Å²) in [5.41, 5.74) is 5.18. The fourth-order valence-electron chi connectivity index (χ4n) is 2.80. The van der Waals surface area contributed by atoms with E-state index in [1.165, 1.54) is 0 Å². The molecule has 7 heteroatoms. The molecular weight excluding hydrogens is 289 g/mol. The van der Waals surface area contributed by atoms with Crippen molar-refractivity contribution in [3.05, 3.63) is 24.2 Å². The van der Waals surface area contributed by atoms with Crippen LogP contribution in [0.3, 0.4) is 0 Å². The number of carbonyl (C=O) groups excluding carboxylic acids is 2. The molecule has 22 heavy (non-hydrogen) atoms. The zero-order valence-electron chi connectivity index (χ0n) is 12.7. The Bertz CT molecular complexity index is 506. The molecule has 122 valence electrons. The summed E-state index contributed by atoms with van der Waals surface area (Å²) in [5.74, 6) is 0.255. The maximum atomic E-state index is 13.5. The van der Waals surface area contributed by atoms with E-state index in [-0.39, 0.29) is 25.0 Å². The van der Waals surface area contributed by atoms with Gasteiger partial charge in [-0.05, 0) is 18.6 Å². The van der Waals surface area contributed by atoms with Crippen molar-refractivity contribution in [2.45, 2.75) is 31.5 Å². The van der Waals surface area contributed by atoms with E-state index in [9.17, 15) is 14.0 Å². The molecule has 2 atom stereocenters. The fourth-order valence-corrected chi connectivity index (χ4v) is 2.80. The van der Waals surface area contributed by atoms with Crippen LogP contribution >= 0.6 is 0 Å². The zero-order chi connectivity index (χ0) is 16.1. The van der Waals surface area contributed by atoms with Crippen molar-refractivity contribution in [3.63, 3.8) is 0 Å². The van der Waals surface area contributed by atoms with Crippen LogP contribution in [0.25, 0.3) is 0 Å². The second kappa shape index (κ2) is 7.40. The molecule has 2 rings (SSSR count). The van der Waals surface area contributed by atoms with Crippen molar-refractivity contribution >= 4 is 11.8 Å². The number of nitrogens with two attached hydrogens (primary N) is 1. The predicted octanol–water partition coefficient (Wildman–Crippen LogP) is 0.568. The van der Waals surface area contributed by atoms with Crippen LogP contribution in [0, 0.1) is 0 Å². The van der Waals surface area contributed by atoms with Crippen molar-refractivity contribution in [2.24, 2.45) is 5.73 Å². The number of rotatable bonds is 7. The standard InChI is InChI=1S/C15H22FN3O3/c1-18(15(21)5-4-13-3-2-6-22-13)9-12-7-11(16)8-19(12)10-14(17)20/h2-3,6,11-12H,4-5,7-10H2,1H3,(H2,17,20)/t11-,12-/m0/s1. The summed E-state index contributed by atoms with van der Waals surface area (Å²) in [6, 6.07) is 3.44. The molecule has 1 aromatic rings. The minimum Gasteiger partial charge on any atom is -0.469 e. The van der Waals surface area contributed by atoms with Crippen molar-refractivity contribution < 1.29 is 18.4 Å². The van der Waals surface area contributed by atoms with Gasteiger partial charge in [0.25, 0.3) is 0 Å². The molecule has 0 unspecified atom stereocenters. The molecule has 2 amide bonds. The van der Waals surface area contributed by atoms with Gasteiger partial charge in [-0.25, -0.2) is 4.39 Å². The molecule has 0 spiro atoms. The number of aryl methyl sites for hydroxylation is 1. The molecule has 0 radical (unpaired) electrons. The maximum Gasteiger partial charge on any atom is 0.231 e. The van der Waals surface area contributed by atoms with E-state index in [0.29, 0.717) is 25.8 Å². The van der Waals surface area contributed by atoms with Gasteiger partial charge >= 0.3 is 0 Å². The Morgan fingerprint density at radius 2 is 2.32 bits per heavy atom. The summed E-state index contributed by atoms with van der Waals surface area (Å²) in [7, 11) is 1.69. The van der Waals surface area contributed by atoms with Crippen molar-refractivity contribution in [2.75, 3.05) is 26.7 Å². The van der Waals surface area contributed by atoms with Crippen molar-refractivity contribution in [1.82, 2.24) is 9.80 Å². The Kier molecular flexibility index (Phi) is 5.54. The Morgan fingerprint density at radius 1 is 1.55 bits per heavy atom. The highest BCUT2D eigenvalue weighted by atomic mass is 19.1. The van der Waals surface area contributed by atoms with Gasteiger partial charge in [0, 0.05) is 39.0 Å². The largest absolute Gasteiger partial charge is 0.469 e. The highest BCUT2D eigenvalue weighted by Crippen LogP contribution is 2.21. The lowest BCUT2D eigenvalue weighted by molar-refractivity contribution is -0.130. The van der Waals surface area contributed by atoms with Crippen LogP contribution in [-0.2, 0) is 16.0 Å². The molecule has 1 saturated heterocycles. The summed E-state index contributed by atoms with van der Waals surface area (Å²) in [5, 5.41) is 0. The normalized spacial score (nSPS) is 21.9. The number of alkyl halides is 1. The smallest absolute Gasteiger partial charge is 0.231 e. The second-order valence-electron chi connectivity index (χ2n) is 5.74. The minimum absolute atomic E-state index is 0.0273. The number of primary amides is 1. The number of hydrogen-bond donors (Lipinski definition) is 1. The summed E-state index contributed by atoms with van der Waals surface area (Å²) < 4.78 is 18.7. The number of furan rings is 1. The lowest BCUT2D eigenvalue weighted by atomic mass is 10.1. The van der Waals surface area contributed by atoms with E-state index in [0.717, 1.165) is 5.76 Å². The van der Waals surface area contributed by atoms with Gasteiger partial charge in [0.15, 0.2) is 0 Å². The van der Waals surface area contributed by atoms with Gasteiger partial charge in [-0.15, -0.1) is 0 Å². The van der Waals surface area contributed by atoms with Crippen LogP contribution in [0.1, 0.15) is 18.6 Å². The Morgan fingerprint density at radius 3 is 2.95 bits per heavy atom. The average molecular weight is 311 g/mol. The van der Waals surface area contributed by atoms with Gasteiger partial charge in [0.05, 0.1) is 12.8 Å². The lowest BCUT2D eigenvalue weighted by Gasteiger charge is -2.27. The monoisotopic (exact) mass is 311 g/mol. The first-order valence-electron chi connectivity index (χ1n) is 7.38. The molecule has 2 N–H and O–H groups in total. The first-order valence-corrected chi connectivity index (χ1v) is 7.38. The number of likely N-dealkylation sites (N-methyl/N-ethyl adjacent to an activating group) is 1. The Balaban J connectivity index is 1.82. The number of amides is 2. The minimum atomic E-state index is -0.976. The van der Waals surface area contributed by atoms with Crippen LogP contribution in [-0.4, -0.2) is 60.5 Å². The third kappa shape index (κ3) is 4.56. The molecule has 1 aliphatic heterocycles. The molecule has 0 aromatic carbocycles. The van der Waals surface area contributed by atoms with E-state index in [1.54, 1.807) is 29.2 Å². The van der Waals surface area contributed by atoms with Gasteiger partial charge in [-0.2, -0.15) is 0 Å². The topological polar surface area (TPSA) is 79.8 Å². The number of carbonyl (C=O) groups is 2. The first kappa shape index (κ1) is 16.5. The van der Waals surface area contributed by atoms with Crippen LogP contribution in [0.15, 0.2) is 22.8 Å². The SMILES string of the molecule is CN(C[C@@H]1C[C@H](F)CN1CC(N)=O)C(=O)CCc1ccco1. The molecule has 2 heterocycles. The van der Waals surface area contributed by atoms with E-state index in [2.05, 4.69) is 0 Å². The second-order valence-corrected chi connectivity index (χ2v) is 5.74.